The van der Waals surface area contributed by atoms with Gasteiger partial charge in [0, 0.05) is 6.54 Å². The second kappa shape index (κ2) is 4.75. The van der Waals surface area contributed by atoms with Gasteiger partial charge in [-0.3, -0.25) is 0 Å². The van der Waals surface area contributed by atoms with Crippen LogP contribution >= 0.6 is 0 Å². The summed E-state index contributed by atoms with van der Waals surface area (Å²) in [5, 5.41) is 12.0. The quantitative estimate of drug-likeness (QED) is 0.820. The molecule has 2 heterocycles. The Morgan fingerprint density at radius 1 is 1.47 bits per heavy atom. The van der Waals surface area contributed by atoms with Crippen molar-refractivity contribution in [1.82, 2.24) is 20.1 Å². The van der Waals surface area contributed by atoms with Crippen LogP contribution in [0.15, 0.2) is 0 Å². The van der Waals surface area contributed by atoms with Crippen LogP contribution < -0.4 is 5.32 Å². The third-order valence-electron chi connectivity index (χ3n) is 3.07. The number of rotatable bonds is 4. The third kappa shape index (κ3) is 2.20. The lowest BCUT2D eigenvalue weighted by Crippen LogP contribution is -2.18. The van der Waals surface area contributed by atoms with Gasteiger partial charge in [0.05, 0.1) is 6.04 Å². The Labute approximate surface area is 91.1 Å². The maximum absolute atomic E-state index is 4.30. The molecule has 1 aliphatic rings. The largest absolute Gasteiger partial charge is 0.314 e. The van der Waals surface area contributed by atoms with Crippen molar-refractivity contribution < 1.29 is 0 Å². The Bertz CT molecular complexity index is 312. The molecule has 0 saturated carbocycles. The van der Waals surface area contributed by atoms with E-state index in [0.717, 1.165) is 24.7 Å². The van der Waals surface area contributed by atoms with Crippen molar-refractivity contribution >= 4 is 0 Å². The second-order valence-electron chi connectivity index (χ2n) is 4.26. The van der Waals surface area contributed by atoms with Crippen LogP contribution in [0.5, 0.6) is 0 Å². The highest BCUT2D eigenvalue weighted by Crippen LogP contribution is 2.22. The lowest BCUT2D eigenvalue weighted by atomic mass is 10.2. The van der Waals surface area contributed by atoms with Crippen molar-refractivity contribution in [2.45, 2.75) is 52.1 Å². The van der Waals surface area contributed by atoms with Gasteiger partial charge in [-0.15, -0.1) is 10.2 Å². The molecule has 0 radical (unpaired) electrons. The van der Waals surface area contributed by atoms with Gasteiger partial charge < -0.3 is 9.88 Å². The maximum Gasteiger partial charge on any atom is 0.150 e. The molecular weight excluding hydrogens is 188 g/mol. The molecule has 0 spiro atoms. The molecule has 1 aromatic rings. The molecule has 1 saturated heterocycles. The molecular formula is C11H20N4. The molecule has 1 aromatic heterocycles. The summed E-state index contributed by atoms with van der Waals surface area (Å²) in [6.45, 7) is 6.43. The summed E-state index contributed by atoms with van der Waals surface area (Å²) >= 11 is 0. The summed E-state index contributed by atoms with van der Waals surface area (Å²) < 4.78 is 2.27. The zero-order valence-electron chi connectivity index (χ0n) is 9.66. The van der Waals surface area contributed by atoms with Gasteiger partial charge in [-0.05, 0) is 32.7 Å². The van der Waals surface area contributed by atoms with E-state index in [4.69, 9.17) is 0 Å². The normalized spacial score (nSPS) is 21.1. The van der Waals surface area contributed by atoms with E-state index in [1.165, 1.54) is 25.7 Å². The fourth-order valence-corrected chi connectivity index (χ4v) is 2.15. The highest BCUT2D eigenvalue weighted by molar-refractivity contribution is 5.02. The minimum absolute atomic E-state index is 0.433. The molecule has 0 aromatic carbocycles. The van der Waals surface area contributed by atoms with Gasteiger partial charge in [0.15, 0.2) is 0 Å². The third-order valence-corrected chi connectivity index (χ3v) is 3.07. The molecule has 84 valence electrons. The van der Waals surface area contributed by atoms with E-state index in [-0.39, 0.29) is 0 Å². The molecule has 1 fully saturated rings. The highest BCUT2D eigenvalue weighted by Gasteiger charge is 2.22. The highest BCUT2D eigenvalue weighted by atomic mass is 15.3. The summed E-state index contributed by atoms with van der Waals surface area (Å²) in [6, 6.07) is 0.433. The van der Waals surface area contributed by atoms with Crippen molar-refractivity contribution in [3.05, 3.63) is 11.6 Å². The zero-order valence-corrected chi connectivity index (χ0v) is 9.66. The summed E-state index contributed by atoms with van der Waals surface area (Å²) in [7, 11) is 0. The SMILES string of the molecule is CCCCn1c(C)nnc1C1CCCN1. The van der Waals surface area contributed by atoms with E-state index in [2.05, 4.69) is 27.0 Å². The Kier molecular flexibility index (Phi) is 3.36. The second-order valence-corrected chi connectivity index (χ2v) is 4.26. The van der Waals surface area contributed by atoms with Gasteiger partial charge >= 0.3 is 0 Å². The molecule has 0 aliphatic carbocycles. The average Bonchev–Trinajstić information content (AvgIpc) is 2.84. The molecule has 4 nitrogen and oxygen atoms in total. The van der Waals surface area contributed by atoms with Crippen molar-refractivity contribution in [2.24, 2.45) is 0 Å². The molecule has 1 unspecified atom stereocenters. The molecule has 0 bridgehead atoms. The topological polar surface area (TPSA) is 42.7 Å². The van der Waals surface area contributed by atoms with E-state index >= 15 is 0 Å². The molecule has 0 amide bonds. The first-order valence-electron chi connectivity index (χ1n) is 5.96. The predicted octanol–water partition coefficient (Wildman–Crippen LogP) is 1.81. The van der Waals surface area contributed by atoms with E-state index in [1.54, 1.807) is 0 Å². The smallest absolute Gasteiger partial charge is 0.150 e. The number of hydrogen-bond donors (Lipinski definition) is 1. The van der Waals surface area contributed by atoms with Crippen LogP contribution in [0, 0.1) is 6.92 Å². The standard InChI is InChI=1S/C11H20N4/c1-3-4-8-15-9(2)13-14-11(15)10-6-5-7-12-10/h10,12H,3-8H2,1-2H3. The van der Waals surface area contributed by atoms with Gasteiger partial charge in [-0.2, -0.15) is 0 Å². The van der Waals surface area contributed by atoms with E-state index in [1.807, 2.05) is 6.92 Å². The Morgan fingerprint density at radius 2 is 2.33 bits per heavy atom. The van der Waals surface area contributed by atoms with Crippen molar-refractivity contribution in [3.8, 4) is 0 Å². The molecule has 1 N–H and O–H groups in total. The zero-order chi connectivity index (χ0) is 10.7. The first-order chi connectivity index (χ1) is 7.33. The average molecular weight is 208 g/mol. The summed E-state index contributed by atoms with van der Waals surface area (Å²) in [5.74, 6) is 2.19. The van der Waals surface area contributed by atoms with Gasteiger partial charge in [-0.1, -0.05) is 13.3 Å². The Balaban J connectivity index is 2.14. The molecule has 15 heavy (non-hydrogen) atoms. The number of nitrogens with zero attached hydrogens (tertiary/aromatic N) is 3. The van der Waals surface area contributed by atoms with Crippen LogP contribution in [-0.2, 0) is 6.54 Å². The fourth-order valence-electron chi connectivity index (χ4n) is 2.15. The lowest BCUT2D eigenvalue weighted by Gasteiger charge is -2.12. The van der Waals surface area contributed by atoms with Crippen LogP contribution in [0.1, 0.15) is 50.3 Å². The maximum atomic E-state index is 4.30. The first-order valence-corrected chi connectivity index (χ1v) is 5.96. The van der Waals surface area contributed by atoms with Gasteiger partial charge in [0.1, 0.15) is 11.6 Å². The first kappa shape index (κ1) is 10.6. The van der Waals surface area contributed by atoms with Crippen LogP contribution in [0.25, 0.3) is 0 Å². The van der Waals surface area contributed by atoms with Crippen LogP contribution in [0.2, 0.25) is 0 Å². The lowest BCUT2D eigenvalue weighted by molar-refractivity contribution is 0.524. The summed E-state index contributed by atoms with van der Waals surface area (Å²) in [4.78, 5) is 0. The van der Waals surface area contributed by atoms with Crippen LogP contribution in [0.3, 0.4) is 0 Å². The molecule has 1 aliphatic heterocycles. The number of nitrogens with one attached hydrogen (secondary N) is 1. The minimum atomic E-state index is 0.433. The van der Waals surface area contributed by atoms with E-state index in [9.17, 15) is 0 Å². The fraction of sp³-hybridized carbons (Fsp3) is 0.818. The molecule has 4 heteroatoms. The van der Waals surface area contributed by atoms with Crippen molar-refractivity contribution in [2.75, 3.05) is 6.54 Å². The van der Waals surface area contributed by atoms with Gasteiger partial charge in [0.25, 0.3) is 0 Å². The van der Waals surface area contributed by atoms with E-state index < -0.39 is 0 Å². The van der Waals surface area contributed by atoms with E-state index in [0.29, 0.717) is 6.04 Å². The number of aromatic nitrogens is 3. The molecule has 1 atom stereocenters. The summed E-state index contributed by atoms with van der Waals surface area (Å²) in [6.07, 6.45) is 4.88. The van der Waals surface area contributed by atoms with Crippen molar-refractivity contribution in [3.63, 3.8) is 0 Å². The Hall–Kier alpha value is -0.900. The minimum Gasteiger partial charge on any atom is -0.314 e. The molecule has 2 rings (SSSR count). The number of aryl methyl sites for hydroxylation is 1. The van der Waals surface area contributed by atoms with Crippen LogP contribution in [0.4, 0.5) is 0 Å². The number of unbranched alkanes of at least 4 members (excludes halogenated alkanes) is 1. The monoisotopic (exact) mass is 208 g/mol. The van der Waals surface area contributed by atoms with Crippen LogP contribution in [-0.4, -0.2) is 21.3 Å². The summed E-state index contributed by atoms with van der Waals surface area (Å²) in [5.41, 5.74) is 0. The van der Waals surface area contributed by atoms with Crippen molar-refractivity contribution in [1.29, 1.82) is 0 Å². The Morgan fingerprint density at radius 3 is 3.00 bits per heavy atom. The predicted molar refractivity (Wildman–Crippen MR) is 59.6 cm³/mol. The number of hydrogen-bond acceptors (Lipinski definition) is 3. The van der Waals surface area contributed by atoms with Gasteiger partial charge in [-0.25, -0.2) is 0 Å². The van der Waals surface area contributed by atoms with Gasteiger partial charge in [0.2, 0.25) is 0 Å².